The maximum absolute atomic E-state index is 12.5. The minimum Gasteiger partial charge on any atom is -0.367 e. The van der Waals surface area contributed by atoms with Gasteiger partial charge in [-0.3, -0.25) is 0 Å². The lowest BCUT2D eigenvalue weighted by Crippen LogP contribution is -2.53. The number of aromatic nitrogens is 3. The van der Waals surface area contributed by atoms with Crippen molar-refractivity contribution in [2.24, 2.45) is 0 Å². The van der Waals surface area contributed by atoms with E-state index in [9.17, 15) is 4.79 Å². The third-order valence-electron chi connectivity index (χ3n) is 4.59. The molecule has 7 heteroatoms. The highest BCUT2D eigenvalue weighted by molar-refractivity contribution is 5.74. The van der Waals surface area contributed by atoms with E-state index in [0.717, 1.165) is 17.8 Å². The number of hydrogen-bond acceptors (Lipinski definition) is 4. The molecule has 1 aliphatic rings. The summed E-state index contributed by atoms with van der Waals surface area (Å²) in [4.78, 5) is 14.3. The minimum absolute atomic E-state index is 0.0587. The van der Waals surface area contributed by atoms with Gasteiger partial charge in [-0.1, -0.05) is 37.3 Å². The van der Waals surface area contributed by atoms with E-state index in [1.165, 1.54) is 0 Å². The standard InChI is InChI=1S/C18H25N5O2/c1-3-16-21-20-14-23(16)10-9-19-17(24)22-11-12-25-18(2,13-22)15-7-5-4-6-8-15/h4-8,14H,3,9-13H2,1-2H3,(H,19,24). The first-order valence-corrected chi connectivity index (χ1v) is 8.71. The number of urea groups is 1. The second-order valence-electron chi connectivity index (χ2n) is 6.39. The minimum atomic E-state index is -0.472. The number of nitrogens with one attached hydrogen (secondary N) is 1. The molecule has 1 unspecified atom stereocenters. The Labute approximate surface area is 148 Å². The Morgan fingerprint density at radius 2 is 2.16 bits per heavy atom. The number of morpholine rings is 1. The largest absolute Gasteiger partial charge is 0.367 e. The number of benzene rings is 1. The van der Waals surface area contributed by atoms with Crippen LogP contribution in [-0.4, -0.2) is 51.9 Å². The van der Waals surface area contributed by atoms with Crippen molar-refractivity contribution in [1.82, 2.24) is 25.0 Å². The molecule has 1 aromatic carbocycles. The molecule has 1 fully saturated rings. The van der Waals surface area contributed by atoms with E-state index in [1.54, 1.807) is 6.33 Å². The van der Waals surface area contributed by atoms with Crippen molar-refractivity contribution in [2.45, 2.75) is 32.4 Å². The van der Waals surface area contributed by atoms with E-state index in [4.69, 9.17) is 4.74 Å². The Balaban J connectivity index is 1.55. The van der Waals surface area contributed by atoms with E-state index in [1.807, 2.05) is 53.6 Å². The van der Waals surface area contributed by atoms with Gasteiger partial charge in [-0.2, -0.15) is 0 Å². The molecule has 134 valence electrons. The Hall–Kier alpha value is -2.41. The molecular weight excluding hydrogens is 318 g/mol. The van der Waals surface area contributed by atoms with Crippen molar-refractivity contribution in [1.29, 1.82) is 0 Å². The lowest BCUT2D eigenvalue weighted by atomic mass is 9.94. The first kappa shape index (κ1) is 17.4. The van der Waals surface area contributed by atoms with E-state index >= 15 is 0 Å². The normalized spacial score (nSPS) is 20.5. The Morgan fingerprint density at radius 3 is 2.92 bits per heavy atom. The van der Waals surface area contributed by atoms with Crippen LogP contribution in [0.5, 0.6) is 0 Å². The second kappa shape index (κ2) is 7.65. The molecule has 0 saturated carbocycles. The van der Waals surface area contributed by atoms with Gasteiger partial charge in [-0.15, -0.1) is 10.2 Å². The summed E-state index contributed by atoms with van der Waals surface area (Å²) in [7, 11) is 0. The Morgan fingerprint density at radius 1 is 1.36 bits per heavy atom. The number of nitrogens with zero attached hydrogens (tertiary/aromatic N) is 4. The van der Waals surface area contributed by atoms with Crippen LogP contribution in [0, 0.1) is 0 Å². The summed E-state index contributed by atoms with van der Waals surface area (Å²) in [6.45, 7) is 6.95. The topological polar surface area (TPSA) is 72.3 Å². The third kappa shape index (κ3) is 3.99. The summed E-state index contributed by atoms with van der Waals surface area (Å²) in [5.74, 6) is 0.928. The van der Waals surface area contributed by atoms with Crippen molar-refractivity contribution >= 4 is 6.03 Å². The maximum Gasteiger partial charge on any atom is 0.317 e. The average Bonchev–Trinajstić information content (AvgIpc) is 3.10. The molecule has 1 aliphatic heterocycles. The van der Waals surface area contributed by atoms with Crippen LogP contribution in [0.3, 0.4) is 0 Å². The molecule has 0 aliphatic carbocycles. The molecule has 1 saturated heterocycles. The summed E-state index contributed by atoms with van der Waals surface area (Å²) in [5, 5.41) is 10.9. The number of carbonyl (C=O) groups is 1. The first-order valence-electron chi connectivity index (χ1n) is 8.71. The number of hydrogen-bond donors (Lipinski definition) is 1. The van der Waals surface area contributed by atoms with Gasteiger partial charge in [0, 0.05) is 26.1 Å². The van der Waals surface area contributed by atoms with Crippen LogP contribution in [0.15, 0.2) is 36.7 Å². The fourth-order valence-corrected chi connectivity index (χ4v) is 3.14. The highest BCUT2D eigenvalue weighted by Crippen LogP contribution is 2.29. The van der Waals surface area contributed by atoms with Crippen LogP contribution in [0.25, 0.3) is 0 Å². The van der Waals surface area contributed by atoms with Crippen LogP contribution in [0.2, 0.25) is 0 Å². The molecule has 2 heterocycles. The summed E-state index contributed by atoms with van der Waals surface area (Å²) in [5.41, 5.74) is 0.616. The Kier molecular flexibility index (Phi) is 5.33. The number of carbonyl (C=O) groups excluding carboxylic acids is 1. The van der Waals surface area contributed by atoms with Crippen LogP contribution < -0.4 is 5.32 Å². The lowest BCUT2D eigenvalue weighted by molar-refractivity contribution is -0.0906. The van der Waals surface area contributed by atoms with Gasteiger partial charge in [0.25, 0.3) is 0 Å². The van der Waals surface area contributed by atoms with E-state index in [-0.39, 0.29) is 6.03 Å². The second-order valence-corrected chi connectivity index (χ2v) is 6.39. The molecule has 1 aromatic heterocycles. The molecule has 7 nitrogen and oxygen atoms in total. The predicted molar refractivity (Wildman–Crippen MR) is 94.1 cm³/mol. The summed E-state index contributed by atoms with van der Waals surface area (Å²) < 4.78 is 7.95. The van der Waals surface area contributed by atoms with Crippen molar-refractivity contribution in [3.8, 4) is 0 Å². The highest BCUT2D eigenvalue weighted by atomic mass is 16.5. The monoisotopic (exact) mass is 343 g/mol. The third-order valence-corrected chi connectivity index (χ3v) is 4.59. The first-order chi connectivity index (χ1) is 12.1. The van der Waals surface area contributed by atoms with Gasteiger partial charge in [0.05, 0.1) is 13.2 Å². The molecule has 1 atom stereocenters. The SMILES string of the molecule is CCc1nncn1CCNC(=O)N1CCOC(C)(c2ccccc2)C1. The van der Waals surface area contributed by atoms with Crippen molar-refractivity contribution < 1.29 is 9.53 Å². The van der Waals surface area contributed by atoms with Crippen LogP contribution in [0.1, 0.15) is 25.2 Å². The van der Waals surface area contributed by atoms with Crippen LogP contribution in [-0.2, 0) is 23.3 Å². The van der Waals surface area contributed by atoms with E-state index < -0.39 is 5.60 Å². The fraction of sp³-hybridized carbons (Fsp3) is 0.500. The molecule has 1 N–H and O–H groups in total. The maximum atomic E-state index is 12.5. The average molecular weight is 343 g/mol. The molecule has 3 rings (SSSR count). The molecule has 2 amide bonds. The number of ether oxygens (including phenoxy) is 1. The predicted octanol–water partition coefficient (Wildman–Crippen LogP) is 1.80. The van der Waals surface area contributed by atoms with Crippen LogP contribution >= 0.6 is 0 Å². The van der Waals surface area contributed by atoms with Crippen molar-refractivity contribution in [3.05, 3.63) is 48.0 Å². The smallest absolute Gasteiger partial charge is 0.317 e. The van der Waals surface area contributed by atoms with E-state index in [2.05, 4.69) is 15.5 Å². The molecule has 0 spiro atoms. The van der Waals surface area contributed by atoms with Gasteiger partial charge in [0.2, 0.25) is 0 Å². The molecule has 0 bridgehead atoms. The number of aryl methyl sites for hydroxylation is 1. The van der Waals surface area contributed by atoms with Crippen molar-refractivity contribution in [2.75, 3.05) is 26.2 Å². The molecule has 25 heavy (non-hydrogen) atoms. The summed E-state index contributed by atoms with van der Waals surface area (Å²) >= 11 is 0. The van der Waals surface area contributed by atoms with Crippen molar-refractivity contribution in [3.63, 3.8) is 0 Å². The Bertz CT molecular complexity index is 703. The van der Waals surface area contributed by atoms with Gasteiger partial charge >= 0.3 is 6.03 Å². The summed E-state index contributed by atoms with van der Waals surface area (Å²) in [6.07, 6.45) is 2.53. The van der Waals surface area contributed by atoms with Gasteiger partial charge in [0.15, 0.2) is 0 Å². The van der Waals surface area contributed by atoms with Gasteiger partial charge < -0.3 is 19.5 Å². The molecule has 2 aromatic rings. The lowest BCUT2D eigenvalue weighted by Gasteiger charge is -2.40. The summed E-state index contributed by atoms with van der Waals surface area (Å²) in [6, 6.07) is 9.99. The number of rotatable bonds is 5. The van der Waals surface area contributed by atoms with E-state index in [0.29, 0.717) is 32.8 Å². The van der Waals surface area contributed by atoms with Gasteiger partial charge in [-0.05, 0) is 12.5 Å². The number of amides is 2. The van der Waals surface area contributed by atoms with Gasteiger partial charge in [-0.25, -0.2) is 4.79 Å². The fourth-order valence-electron chi connectivity index (χ4n) is 3.14. The molecule has 0 radical (unpaired) electrons. The molecular formula is C18H25N5O2. The quantitative estimate of drug-likeness (QED) is 0.898. The van der Waals surface area contributed by atoms with Crippen LogP contribution in [0.4, 0.5) is 4.79 Å². The van der Waals surface area contributed by atoms with Gasteiger partial charge in [0.1, 0.15) is 17.8 Å². The zero-order valence-corrected chi connectivity index (χ0v) is 14.8. The zero-order chi connectivity index (χ0) is 17.7. The highest BCUT2D eigenvalue weighted by Gasteiger charge is 2.35. The zero-order valence-electron chi connectivity index (χ0n) is 14.8.